The molecule has 0 saturated heterocycles. The molecule has 43 heavy (non-hydrogen) atoms. The summed E-state index contributed by atoms with van der Waals surface area (Å²) in [7, 11) is 0. The Bertz CT molecular complexity index is 1870. The lowest BCUT2D eigenvalue weighted by Gasteiger charge is -2.15. The first-order valence-corrected chi connectivity index (χ1v) is 12.8. The van der Waals surface area contributed by atoms with Gasteiger partial charge in [-0.1, -0.05) is 12.1 Å². The number of aliphatic hydroxyl groups excluding tert-OH is 1. The van der Waals surface area contributed by atoms with Crippen LogP contribution in [0.15, 0.2) is 59.0 Å². The molecule has 3 heterocycles. The van der Waals surface area contributed by atoms with Crippen molar-refractivity contribution in [3.8, 4) is 50.9 Å². The maximum Gasteiger partial charge on any atom is 0.586 e. The van der Waals surface area contributed by atoms with Crippen molar-refractivity contribution >= 4 is 0 Å². The number of halogens is 6. The summed E-state index contributed by atoms with van der Waals surface area (Å²) < 4.78 is 98.9. The molecule has 2 aromatic heterocycles. The molecule has 7 nitrogen and oxygen atoms in total. The Kier molecular flexibility index (Phi) is 6.53. The molecule has 222 valence electrons. The van der Waals surface area contributed by atoms with Crippen LogP contribution in [0.25, 0.3) is 39.4 Å². The molecule has 0 spiro atoms. The average molecular weight is 602 g/mol. The van der Waals surface area contributed by atoms with Gasteiger partial charge in [0.2, 0.25) is 0 Å². The number of ether oxygens (including phenoxy) is 2. The Labute approximate surface area is 239 Å². The van der Waals surface area contributed by atoms with Gasteiger partial charge in [-0.2, -0.15) is 18.3 Å². The van der Waals surface area contributed by atoms with E-state index in [2.05, 4.69) is 19.6 Å². The zero-order valence-corrected chi connectivity index (χ0v) is 22.7. The molecule has 0 saturated carbocycles. The fourth-order valence-corrected chi connectivity index (χ4v) is 4.98. The number of alkyl halides is 5. The predicted octanol–water partition coefficient (Wildman–Crippen LogP) is 7.76. The second-order valence-electron chi connectivity index (χ2n) is 9.96. The topological polar surface area (TPSA) is 82.5 Å². The lowest BCUT2D eigenvalue weighted by Crippen LogP contribution is -2.25. The minimum absolute atomic E-state index is 0.108. The fourth-order valence-electron chi connectivity index (χ4n) is 4.98. The van der Waals surface area contributed by atoms with Gasteiger partial charge in [0.25, 0.3) is 0 Å². The molecule has 0 atom stereocenters. The highest BCUT2D eigenvalue weighted by molar-refractivity contribution is 5.85. The third kappa shape index (κ3) is 5.09. The number of nitrogens with zero attached hydrogens (tertiary/aromatic N) is 3. The van der Waals surface area contributed by atoms with E-state index < -0.39 is 30.6 Å². The van der Waals surface area contributed by atoms with E-state index in [1.54, 1.807) is 32.0 Å². The Morgan fingerprint density at radius 3 is 2.28 bits per heavy atom. The molecule has 3 aromatic carbocycles. The highest BCUT2D eigenvalue weighted by Crippen LogP contribution is 2.45. The maximum atomic E-state index is 14.8. The van der Waals surface area contributed by atoms with Crippen LogP contribution in [0, 0.1) is 26.6 Å². The first kappa shape index (κ1) is 28.3. The lowest BCUT2D eigenvalue weighted by atomic mass is 9.95. The second-order valence-corrected chi connectivity index (χ2v) is 9.96. The largest absolute Gasteiger partial charge is 0.586 e. The quantitative estimate of drug-likeness (QED) is 0.208. The molecule has 0 unspecified atom stereocenters. The number of aryl methyl sites for hydroxylation is 3. The van der Waals surface area contributed by atoms with Gasteiger partial charge in [0.15, 0.2) is 28.8 Å². The van der Waals surface area contributed by atoms with Crippen LogP contribution in [0.4, 0.5) is 26.3 Å². The Balaban J connectivity index is 1.57. The van der Waals surface area contributed by atoms with Gasteiger partial charge in [-0.05, 0) is 73.0 Å². The summed E-state index contributed by atoms with van der Waals surface area (Å²) in [4.78, 5) is 4.49. The van der Waals surface area contributed by atoms with Crippen molar-refractivity contribution in [2.75, 3.05) is 0 Å². The van der Waals surface area contributed by atoms with Gasteiger partial charge in [0.1, 0.15) is 11.5 Å². The standard InChI is InChI=1S/C30H21F6N3O4/c1-14-8-19(11-22(31)21(14)13-40)17-4-6-23(39-15(2)9-26(38-39)29(32,33)34)20(10-17)27-28(41-16(3)37-27)18-5-7-24-25(12-18)43-30(35,36)42-24/h4-12,40H,13H2,1-3H3. The normalized spacial score (nSPS) is 14.0. The number of aromatic nitrogens is 3. The molecule has 1 aliphatic rings. The molecule has 0 amide bonds. The van der Waals surface area contributed by atoms with E-state index in [1.165, 1.54) is 37.3 Å². The van der Waals surface area contributed by atoms with E-state index >= 15 is 0 Å². The third-order valence-electron chi connectivity index (χ3n) is 6.97. The summed E-state index contributed by atoms with van der Waals surface area (Å²) in [5.74, 6) is -0.784. The summed E-state index contributed by atoms with van der Waals surface area (Å²) in [6, 6.07) is 12.5. The monoisotopic (exact) mass is 601 g/mol. The van der Waals surface area contributed by atoms with Crippen LogP contribution >= 0.6 is 0 Å². The van der Waals surface area contributed by atoms with Gasteiger partial charge in [0, 0.05) is 29.3 Å². The Morgan fingerprint density at radius 1 is 0.884 bits per heavy atom. The first-order chi connectivity index (χ1) is 20.2. The summed E-state index contributed by atoms with van der Waals surface area (Å²) >= 11 is 0. The summed E-state index contributed by atoms with van der Waals surface area (Å²) in [5, 5.41) is 13.3. The molecular formula is C30H21F6N3O4. The van der Waals surface area contributed by atoms with Crippen molar-refractivity contribution in [2.24, 2.45) is 0 Å². The highest BCUT2D eigenvalue weighted by Gasteiger charge is 2.43. The summed E-state index contributed by atoms with van der Waals surface area (Å²) in [6.07, 6.45) is -8.56. The SMILES string of the molecule is Cc1nc(-c2cc(-c3cc(C)c(CO)c(F)c3)ccc2-n2nc(C(F)(F)F)cc2C)c(-c2ccc3c(c2)OC(F)(F)O3)o1. The van der Waals surface area contributed by atoms with Crippen molar-refractivity contribution < 1.29 is 45.3 Å². The highest BCUT2D eigenvalue weighted by atomic mass is 19.4. The van der Waals surface area contributed by atoms with Crippen LogP contribution in [-0.2, 0) is 12.8 Å². The van der Waals surface area contributed by atoms with Crippen LogP contribution < -0.4 is 9.47 Å². The molecule has 0 bridgehead atoms. The van der Waals surface area contributed by atoms with Crippen LogP contribution in [0.2, 0.25) is 0 Å². The molecule has 5 aromatic rings. The van der Waals surface area contributed by atoms with Crippen LogP contribution in [0.1, 0.15) is 28.4 Å². The predicted molar refractivity (Wildman–Crippen MR) is 141 cm³/mol. The number of hydrogen-bond donors (Lipinski definition) is 1. The van der Waals surface area contributed by atoms with Crippen LogP contribution in [-0.4, -0.2) is 26.2 Å². The van der Waals surface area contributed by atoms with Crippen LogP contribution in [0.5, 0.6) is 11.5 Å². The minimum atomic E-state index is -4.70. The number of hydrogen-bond acceptors (Lipinski definition) is 6. The second kappa shape index (κ2) is 9.90. The van der Waals surface area contributed by atoms with Gasteiger partial charge in [-0.15, -0.1) is 8.78 Å². The molecule has 6 rings (SSSR count). The van der Waals surface area contributed by atoms with Gasteiger partial charge in [-0.25, -0.2) is 14.1 Å². The molecule has 0 aliphatic carbocycles. The van der Waals surface area contributed by atoms with Gasteiger partial charge in [0.05, 0.1) is 12.3 Å². The average Bonchev–Trinajstić information content (AvgIpc) is 3.60. The molecule has 1 aliphatic heterocycles. The van der Waals surface area contributed by atoms with E-state index in [4.69, 9.17) is 4.42 Å². The summed E-state index contributed by atoms with van der Waals surface area (Å²) in [6.45, 7) is 4.15. The van der Waals surface area contributed by atoms with Crippen molar-refractivity contribution in [2.45, 2.75) is 39.8 Å². The van der Waals surface area contributed by atoms with E-state index in [9.17, 15) is 31.4 Å². The molecule has 0 radical (unpaired) electrons. The lowest BCUT2D eigenvalue weighted by molar-refractivity contribution is -0.286. The smallest absolute Gasteiger partial charge is 0.440 e. The van der Waals surface area contributed by atoms with Crippen molar-refractivity contribution in [3.63, 3.8) is 0 Å². The van der Waals surface area contributed by atoms with Crippen molar-refractivity contribution in [1.29, 1.82) is 0 Å². The van der Waals surface area contributed by atoms with Gasteiger partial charge in [-0.3, -0.25) is 0 Å². The minimum Gasteiger partial charge on any atom is -0.440 e. The molecule has 13 heteroatoms. The molecule has 1 N–H and O–H groups in total. The number of fused-ring (bicyclic) bond motifs is 1. The third-order valence-corrected chi connectivity index (χ3v) is 6.97. The van der Waals surface area contributed by atoms with E-state index in [0.29, 0.717) is 16.7 Å². The fraction of sp³-hybridized carbons (Fsp3) is 0.200. The van der Waals surface area contributed by atoms with Crippen molar-refractivity contribution in [1.82, 2.24) is 14.8 Å². The zero-order chi connectivity index (χ0) is 30.8. The van der Waals surface area contributed by atoms with E-state index in [0.717, 1.165) is 10.7 Å². The Hall–Kier alpha value is -4.78. The van der Waals surface area contributed by atoms with Gasteiger partial charge >= 0.3 is 12.5 Å². The maximum absolute atomic E-state index is 14.8. The number of aliphatic hydroxyl groups is 1. The zero-order valence-electron chi connectivity index (χ0n) is 22.7. The number of rotatable bonds is 5. The van der Waals surface area contributed by atoms with E-state index in [-0.39, 0.29) is 56.9 Å². The Morgan fingerprint density at radius 2 is 1.60 bits per heavy atom. The summed E-state index contributed by atoms with van der Waals surface area (Å²) in [5.41, 5.74) is 1.49. The molecular weight excluding hydrogens is 580 g/mol. The van der Waals surface area contributed by atoms with E-state index in [1.807, 2.05) is 0 Å². The van der Waals surface area contributed by atoms with Crippen LogP contribution in [0.3, 0.4) is 0 Å². The first-order valence-electron chi connectivity index (χ1n) is 12.8. The number of benzene rings is 3. The van der Waals surface area contributed by atoms with Crippen molar-refractivity contribution in [3.05, 3.63) is 88.8 Å². The number of oxazole rings is 1. The molecule has 0 fully saturated rings. The van der Waals surface area contributed by atoms with Gasteiger partial charge < -0.3 is 19.0 Å².